The van der Waals surface area contributed by atoms with E-state index in [2.05, 4.69) is 24.0 Å². The maximum absolute atomic E-state index is 14.0. The van der Waals surface area contributed by atoms with E-state index in [-0.39, 0.29) is 11.4 Å². The van der Waals surface area contributed by atoms with Crippen LogP contribution in [-0.2, 0) is 11.2 Å². The van der Waals surface area contributed by atoms with Crippen molar-refractivity contribution < 1.29 is 9.13 Å². The second-order valence-corrected chi connectivity index (χ2v) is 8.24. The average Bonchev–Trinajstić information content (AvgIpc) is 2.68. The highest BCUT2D eigenvalue weighted by Gasteiger charge is 2.42. The molecule has 0 fully saturated rings. The van der Waals surface area contributed by atoms with Gasteiger partial charge in [-0.05, 0) is 38.0 Å². The summed E-state index contributed by atoms with van der Waals surface area (Å²) in [5.74, 6) is 0.521. The van der Waals surface area contributed by atoms with Crippen molar-refractivity contribution in [2.75, 3.05) is 5.88 Å². The lowest BCUT2D eigenvalue weighted by atomic mass is 9.82. The number of fused-ring (bicyclic) bond motifs is 1. The first-order valence-electron chi connectivity index (χ1n) is 9.33. The van der Waals surface area contributed by atoms with E-state index in [1.807, 2.05) is 37.3 Å². The van der Waals surface area contributed by atoms with Gasteiger partial charge in [0.2, 0.25) is 5.90 Å². The third-order valence-corrected chi connectivity index (χ3v) is 5.65. The Morgan fingerprint density at radius 1 is 1.11 bits per heavy atom. The summed E-state index contributed by atoms with van der Waals surface area (Å²) in [5.41, 5.74) is 1.38. The van der Waals surface area contributed by atoms with Gasteiger partial charge in [0, 0.05) is 18.0 Å². The molecule has 1 aliphatic heterocycles. The Morgan fingerprint density at radius 2 is 1.89 bits per heavy atom. The van der Waals surface area contributed by atoms with Crippen LogP contribution in [0.1, 0.15) is 31.4 Å². The Bertz CT molecular complexity index is 1040. The molecule has 0 saturated heterocycles. The summed E-state index contributed by atoms with van der Waals surface area (Å²) in [6.07, 6.45) is 3.10. The third-order valence-electron chi connectivity index (χ3n) is 5.09. The number of halogens is 2. The van der Waals surface area contributed by atoms with E-state index >= 15 is 0 Å². The number of pyridine rings is 1. The lowest BCUT2D eigenvalue weighted by Crippen LogP contribution is -2.47. The summed E-state index contributed by atoms with van der Waals surface area (Å²) >= 11 is 6.28. The summed E-state index contributed by atoms with van der Waals surface area (Å²) in [5, 5.41) is 0.715. The maximum atomic E-state index is 14.0. The molecule has 1 aromatic heterocycles. The molecule has 5 heteroatoms. The molecular weight excluding hydrogens is 375 g/mol. The zero-order valence-electron chi connectivity index (χ0n) is 16.0. The van der Waals surface area contributed by atoms with Gasteiger partial charge in [-0.1, -0.05) is 42.5 Å². The van der Waals surface area contributed by atoms with Gasteiger partial charge in [0.05, 0.1) is 17.0 Å². The number of aromatic nitrogens is 1. The summed E-state index contributed by atoms with van der Waals surface area (Å²) in [7, 11) is 0. The standard InChI is InChI=1S/C23H22ClFN2O/c1-22(12-16-7-4-3-5-8-16)14-23(2,15-24)28-21(27-22)18-11-17-9-6-10-19(25)20(17)26-13-18/h3-11,13H,12,14-15H2,1-2H3/t22-,23+/m1/s1. The highest BCUT2D eigenvalue weighted by Crippen LogP contribution is 2.37. The van der Waals surface area contributed by atoms with E-state index in [4.69, 9.17) is 21.3 Å². The molecule has 144 valence electrons. The number of aliphatic imine (C=N–C) groups is 1. The number of benzene rings is 2. The van der Waals surface area contributed by atoms with Crippen molar-refractivity contribution >= 4 is 28.4 Å². The average molecular weight is 397 g/mol. The van der Waals surface area contributed by atoms with Crippen LogP contribution >= 0.6 is 11.6 Å². The van der Waals surface area contributed by atoms with Crippen molar-refractivity contribution in [1.82, 2.24) is 4.98 Å². The lowest BCUT2D eigenvalue weighted by Gasteiger charge is -2.41. The Labute approximate surface area is 169 Å². The fraction of sp³-hybridized carbons (Fsp3) is 0.304. The zero-order chi connectivity index (χ0) is 19.8. The molecule has 2 atom stereocenters. The quantitative estimate of drug-likeness (QED) is 0.542. The van der Waals surface area contributed by atoms with Gasteiger partial charge in [0.1, 0.15) is 16.9 Å². The van der Waals surface area contributed by atoms with Crippen LogP contribution in [0.5, 0.6) is 0 Å². The van der Waals surface area contributed by atoms with Gasteiger partial charge < -0.3 is 4.74 Å². The molecule has 3 aromatic rings. The predicted molar refractivity (Wildman–Crippen MR) is 112 cm³/mol. The number of nitrogens with zero attached hydrogens (tertiary/aromatic N) is 2. The van der Waals surface area contributed by atoms with Gasteiger partial charge >= 0.3 is 0 Å². The van der Waals surface area contributed by atoms with E-state index < -0.39 is 5.60 Å². The normalized spacial score (nSPS) is 24.6. The molecule has 3 nitrogen and oxygen atoms in total. The van der Waals surface area contributed by atoms with Crippen LogP contribution < -0.4 is 0 Å². The number of para-hydroxylation sites is 1. The Kier molecular flexibility index (Phi) is 4.84. The summed E-state index contributed by atoms with van der Waals surface area (Å²) in [6.45, 7) is 4.13. The first-order valence-corrected chi connectivity index (χ1v) is 9.87. The molecular formula is C23H22ClFN2O. The fourth-order valence-electron chi connectivity index (χ4n) is 3.96. The third kappa shape index (κ3) is 3.74. The van der Waals surface area contributed by atoms with Gasteiger partial charge in [0.15, 0.2) is 0 Å². The summed E-state index contributed by atoms with van der Waals surface area (Å²) in [6, 6.07) is 17.1. The van der Waals surface area contributed by atoms with Gasteiger partial charge in [-0.25, -0.2) is 9.38 Å². The van der Waals surface area contributed by atoms with Crippen LogP contribution in [0.2, 0.25) is 0 Å². The highest BCUT2D eigenvalue weighted by atomic mass is 35.5. The van der Waals surface area contributed by atoms with Crippen molar-refractivity contribution in [3.8, 4) is 0 Å². The maximum Gasteiger partial charge on any atom is 0.218 e. The molecule has 1 aliphatic rings. The molecule has 0 spiro atoms. The molecule has 0 aliphatic carbocycles. The number of rotatable bonds is 4. The van der Waals surface area contributed by atoms with E-state index in [1.165, 1.54) is 11.6 Å². The molecule has 0 radical (unpaired) electrons. The molecule has 4 rings (SSSR count). The first kappa shape index (κ1) is 18.9. The molecule has 0 saturated carbocycles. The van der Waals surface area contributed by atoms with Crippen molar-refractivity contribution in [2.45, 2.75) is 37.8 Å². The van der Waals surface area contributed by atoms with Crippen LogP contribution in [-0.4, -0.2) is 27.9 Å². The second-order valence-electron chi connectivity index (χ2n) is 7.97. The smallest absolute Gasteiger partial charge is 0.218 e. The molecule has 0 unspecified atom stereocenters. The van der Waals surface area contributed by atoms with E-state index in [9.17, 15) is 4.39 Å². The molecule has 28 heavy (non-hydrogen) atoms. The zero-order valence-corrected chi connectivity index (χ0v) is 16.7. The van der Waals surface area contributed by atoms with Crippen molar-refractivity contribution in [3.63, 3.8) is 0 Å². The Morgan fingerprint density at radius 3 is 2.64 bits per heavy atom. The van der Waals surface area contributed by atoms with Crippen LogP contribution in [0.3, 0.4) is 0 Å². The van der Waals surface area contributed by atoms with E-state index in [0.717, 1.165) is 12.0 Å². The van der Waals surface area contributed by atoms with Gasteiger partial charge in [-0.3, -0.25) is 4.98 Å². The largest absolute Gasteiger partial charge is 0.470 e. The highest BCUT2D eigenvalue weighted by molar-refractivity contribution is 6.18. The van der Waals surface area contributed by atoms with Crippen LogP contribution in [0.4, 0.5) is 4.39 Å². The van der Waals surface area contributed by atoms with E-state index in [0.29, 0.717) is 29.1 Å². The van der Waals surface area contributed by atoms with Gasteiger partial charge in [-0.2, -0.15) is 0 Å². The van der Waals surface area contributed by atoms with Gasteiger partial charge in [0.25, 0.3) is 0 Å². The first-order chi connectivity index (χ1) is 13.4. The topological polar surface area (TPSA) is 34.5 Å². The second kappa shape index (κ2) is 7.17. The Balaban J connectivity index is 1.76. The number of alkyl halides is 1. The monoisotopic (exact) mass is 396 g/mol. The summed E-state index contributed by atoms with van der Waals surface area (Å²) < 4.78 is 20.2. The van der Waals surface area contributed by atoms with Crippen molar-refractivity contribution in [2.24, 2.45) is 4.99 Å². The fourth-order valence-corrected chi connectivity index (χ4v) is 4.11. The lowest BCUT2D eigenvalue weighted by molar-refractivity contribution is 0.0462. The molecule has 0 amide bonds. The number of hydrogen-bond donors (Lipinski definition) is 0. The van der Waals surface area contributed by atoms with Crippen molar-refractivity contribution in [1.29, 1.82) is 0 Å². The van der Waals surface area contributed by atoms with Crippen LogP contribution in [0, 0.1) is 5.82 Å². The number of ether oxygens (including phenoxy) is 1. The molecule has 0 N–H and O–H groups in total. The SMILES string of the molecule is C[C@@]1(Cc2ccccc2)C[C@@](C)(CCl)OC(c2cnc3c(F)cccc3c2)=N1. The minimum atomic E-state index is -0.543. The van der Waals surface area contributed by atoms with Crippen molar-refractivity contribution in [3.05, 3.63) is 77.7 Å². The molecule has 2 aromatic carbocycles. The Hall–Kier alpha value is -2.46. The van der Waals surface area contributed by atoms with Gasteiger partial charge in [-0.15, -0.1) is 11.6 Å². The molecule has 2 heterocycles. The minimum Gasteiger partial charge on any atom is -0.470 e. The van der Waals surface area contributed by atoms with Crippen LogP contribution in [0.15, 0.2) is 65.8 Å². The number of hydrogen-bond acceptors (Lipinski definition) is 3. The van der Waals surface area contributed by atoms with E-state index in [1.54, 1.807) is 12.3 Å². The minimum absolute atomic E-state index is 0.338. The van der Waals surface area contributed by atoms with Crippen LogP contribution in [0.25, 0.3) is 10.9 Å². The predicted octanol–water partition coefficient (Wildman–Crippen LogP) is 5.54. The summed E-state index contributed by atoms with van der Waals surface area (Å²) in [4.78, 5) is 9.25. The molecule has 0 bridgehead atoms.